The largest absolute Gasteiger partial charge is 0.331 e. The molecule has 1 aliphatic rings. The van der Waals surface area contributed by atoms with Crippen LogP contribution in [0.25, 0.3) is 0 Å². The number of rotatable bonds is 2. The van der Waals surface area contributed by atoms with E-state index in [1.807, 2.05) is 40.5 Å². The minimum Gasteiger partial charge on any atom is -0.331 e. The van der Waals surface area contributed by atoms with Gasteiger partial charge >= 0.3 is 0 Å². The maximum Gasteiger partial charge on any atom is 0.254 e. The fourth-order valence-corrected chi connectivity index (χ4v) is 4.03. The molecule has 1 aromatic heterocycles. The van der Waals surface area contributed by atoms with Crippen LogP contribution in [-0.4, -0.2) is 17.4 Å². The van der Waals surface area contributed by atoms with Gasteiger partial charge in [0, 0.05) is 21.5 Å². The van der Waals surface area contributed by atoms with Gasteiger partial charge in [0.15, 0.2) is 0 Å². The number of thiophene rings is 1. The number of carbonyl (C=O) groups excluding carboxylic acids is 1. The molecule has 1 aliphatic heterocycles. The van der Waals surface area contributed by atoms with Crippen LogP contribution in [0.15, 0.2) is 40.2 Å². The number of halogens is 1. The number of amides is 1. The van der Waals surface area contributed by atoms with Crippen LogP contribution in [0, 0.1) is 0 Å². The van der Waals surface area contributed by atoms with Crippen LogP contribution in [0.2, 0.25) is 0 Å². The first-order valence-corrected chi connectivity index (χ1v) is 8.50. The Labute approximate surface area is 131 Å². The maximum absolute atomic E-state index is 12.7. The molecule has 0 saturated heterocycles. The summed E-state index contributed by atoms with van der Waals surface area (Å²) in [5, 5.41) is 2.14. The minimum atomic E-state index is 0.140. The molecule has 0 saturated carbocycles. The predicted molar refractivity (Wildman–Crippen MR) is 86.2 cm³/mol. The Kier molecular flexibility index (Phi) is 3.94. The fraction of sp³-hybridized carbons (Fsp3) is 0.312. The summed E-state index contributed by atoms with van der Waals surface area (Å²) in [6, 6.07) is 10.0. The van der Waals surface area contributed by atoms with E-state index in [2.05, 4.69) is 34.3 Å². The quantitative estimate of drug-likeness (QED) is 0.771. The Hall–Kier alpha value is -1.13. The summed E-state index contributed by atoms with van der Waals surface area (Å²) in [4.78, 5) is 16.2. The molecule has 1 amide bonds. The van der Waals surface area contributed by atoms with Gasteiger partial charge in [0.05, 0.1) is 6.04 Å². The van der Waals surface area contributed by atoms with E-state index in [1.165, 1.54) is 10.4 Å². The van der Waals surface area contributed by atoms with Gasteiger partial charge < -0.3 is 4.90 Å². The molecule has 4 heteroatoms. The molecule has 0 radical (unpaired) electrons. The molecule has 0 spiro atoms. The van der Waals surface area contributed by atoms with Gasteiger partial charge in [-0.05, 0) is 54.1 Å². The second-order valence-corrected chi connectivity index (χ2v) is 6.89. The van der Waals surface area contributed by atoms with Gasteiger partial charge in [-0.15, -0.1) is 11.3 Å². The minimum absolute atomic E-state index is 0.140. The average molecular weight is 350 g/mol. The number of hydrogen-bond donors (Lipinski definition) is 0. The summed E-state index contributed by atoms with van der Waals surface area (Å²) in [6.45, 7) is 2.97. The van der Waals surface area contributed by atoms with Gasteiger partial charge in [0.1, 0.15) is 0 Å². The second-order valence-electron chi connectivity index (χ2n) is 4.98. The third-order valence-electron chi connectivity index (χ3n) is 3.83. The number of carbonyl (C=O) groups is 1. The monoisotopic (exact) mass is 349 g/mol. The van der Waals surface area contributed by atoms with E-state index in [0.29, 0.717) is 0 Å². The summed E-state index contributed by atoms with van der Waals surface area (Å²) in [5.41, 5.74) is 2.11. The normalized spacial score (nSPS) is 17.9. The summed E-state index contributed by atoms with van der Waals surface area (Å²) >= 11 is 5.22. The maximum atomic E-state index is 12.7. The van der Waals surface area contributed by atoms with Crippen LogP contribution < -0.4 is 0 Å². The molecular formula is C16H16BrNOS. The number of hydrogen-bond acceptors (Lipinski definition) is 2. The van der Waals surface area contributed by atoms with Crippen molar-refractivity contribution in [3.8, 4) is 0 Å². The highest BCUT2D eigenvalue weighted by Gasteiger charge is 2.30. The van der Waals surface area contributed by atoms with E-state index in [4.69, 9.17) is 0 Å². The van der Waals surface area contributed by atoms with E-state index < -0.39 is 0 Å². The smallest absolute Gasteiger partial charge is 0.254 e. The Morgan fingerprint density at radius 3 is 2.80 bits per heavy atom. The molecule has 3 rings (SSSR count). The van der Waals surface area contributed by atoms with E-state index in [-0.39, 0.29) is 11.9 Å². The number of benzene rings is 1. The molecule has 2 nitrogen and oxygen atoms in total. The van der Waals surface area contributed by atoms with Gasteiger partial charge in [0.25, 0.3) is 5.91 Å². The molecule has 2 heterocycles. The second kappa shape index (κ2) is 5.70. The van der Waals surface area contributed by atoms with Crippen LogP contribution in [0.3, 0.4) is 0 Å². The molecule has 0 aliphatic carbocycles. The molecule has 20 heavy (non-hydrogen) atoms. The van der Waals surface area contributed by atoms with Gasteiger partial charge in [-0.25, -0.2) is 0 Å². The van der Waals surface area contributed by atoms with E-state index in [1.54, 1.807) is 0 Å². The van der Waals surface area contributed by atoms with Gasteiger partial charge in [-0.2, -0.15) is 0 Å². The van der Waals surface area contributed by atoms with E-state index in [9.17, 15) is 4.79 Å². The molecule has 1 aromatic carbocycles. The molecule has 104 valence electrons. The van der Waals surface area contributed by atoms with Crippen molar-refractivity contribution in [3.05, 3.63) is 56.2 Å². The average Bonchev–Trinajstić information content (AvgIpc) is 2.94. The number of fused-ring (bicyclic) bond motifs is 1. The van der Waals surface area contributed by atoms with Crippen molar-refractivity contribution < 1.29 is 4.79 Å². The molecular weight excluding hydrogens is 334 g/mol. The first-order chi connectivity index (χ1) is 9.70. The van der Waals surface area contributed by atoms with Crippen LogP contribution >= 0.6 is 27.3 Å². The summed E-state index contributed by atoms with van der Waals surface area (Å²) in [6.07, 6.45) is 1.94. The highest BCUT2D eigenvalue weighted by molar-refractivity contribution is 9.10. The third-order valence-corrected chi connectivity index (χ3v) is 5.36. The topological polar surface area (TPSA) is 20.3 Å². The fourth-order valence-electron chi connectivity index (χ4n) is 2.84. The van der Waals surface area contributed by atoms with Crippen molar-refractivity contribution >= 4 is 33.2 Å². The Morgan fingerprint density at radius 1 is 1.35 bits per heavy atom. The van der Waals surface area contributed by atoms with Gasteiger partial charge in [0.2, 0.25) is 0 Å². The Balaban J connectivity index is 1.90. The summed E-state index contributed by atoms with van der Waals surface area (Å²) < 4.78 is 1.000. The number of nitrogens with zero attached hydrogens (tertiary/aromatic N) is 1. The third kappa shape index (κ3) is 2.42. The molecule has 0 fully saturated rings. The molecule has 0 bridgehead atoms. The zero-order valence-electron chi connectivity index (χ0n) is 11.3. The van der Waals surface area contributed by atoms with E-state index >= 15 is 0 Å². The van der Waals surface area contributed by atoms with Crippen LogP contribution in [-0.2, 0) is 6.42 Å². The molecule has 1 atom stereocenters. The van der Waals surface area contributed by atoms with Crippen molar-refractivity contribution in [1.29, 1.82) is 0 Å². The summed E-state index contributed by atoms with van der Waals surface area (Å²) in [5.74, 6) is 0.140. The Morgan fingerprint density at radius 2 is 2.10 bits per heavy atom. The van der Waals surface area contributed by atoms with Crippen molar-refractivity contribution in [1.82, 2.24) is 4.90 Å². The molecule has 2 aromatic rings. The zero-order chi connectivity index (χ0) is 14.1. The first kappa shape index (κ1) is 13.8. The molecule has 0 N–H and O–H groups in total. The van der Waals surface area contributed by atoms with Crippen LogP contribution in [0.5, 0.6) is 0 Å². The lowest BCUT2D eigenvalue weighted by molar-refractivity contribution is 0.0657. The summed E-state index contributed by atoms with van der Waals surface area (Å²) in [7, 11) is 0. The van der Waals surface area contributed by atoms with Gasteiger partial charge in [-0.3, -0.25) is 4.79 Å². The first-order valence-electron chi connectivity index (χ1n) is 6.83. The Bertz CT molecular complexity index is 620. The highest BCUT2D eigenvalue weighted by atomic mass is 79.9. The lowest BCUT2D eigenvalue weighted by Gasteiger charge is -2.35. The lowest BCUT2D eigenvalue weighted by Crippen LogP contribution is -2.39. The van der Waals surface area contributed by atoms with Crippen molar-refractivity contribution in [2.24, 2.45) is 0 Å². The van der Waals surface area contributed by atoms with Crippen molar-refractivity contribution in [2.75, 3.05) is 6.54 Å². The van der Waals surface area contributed by atoms with Crippen LogP contribution in [0.4, 0.5) is 0 Å². The highest BCUT2D eigenvalue weighted by Crippen LogP contribution is 2.36. The van der Waals surface area contributed by atoms with Gasteiger partial charge in [-0.1, -0.05) is 22.9 Å². The lowest BCUT2D eigenvalue weighted by atomic mass is 9.97. The standard InChI is InChI=1S/C16H16BrNOS/c1-2-14-13-8-10-20-15(13)7-9-18(14)16(19)11-3-5-12(17)6-4-11/h3-6,8,10,14H,2,7,9H2,1H3. The van der Waals surface area contributed by atoms with E-state index in [0.717, 1.165) is 29.4 Å². The van der Waals surface area contributed by atoms with Crippen molar-refractivity contribution in [3.63, 3.8) is 0 Å². The zero-order valence-corrected chi connectivity index (χ0v) is 13.7. The molecule has 1 unspecified atom stereocenters. The van der Waals surface area contributed by atoms with Crippen molar-refractivity contribution in [2.45, 2.75) is 25.8 Å². The SMILES string of the molecule is CCC1c2ccsc2CCN1C(=O)c1ccc(Br)cc1. The predicted octanol–water partition coefficient (Wildman–Crippen LogP) is 4.66. The van der Waals surface area contributed by atoms with Crippen LogP contribution in [0.1, 0.15) is 40.2 Å².